The van der Waals surface area contributed by atoms with Crippen molar-refractivity contribution >= 4 is 23.5 Å². The predicted molar refractivity (Wildman–Crippen MR) is 90.0 cm³/mol. The number of aromatic nitrogens is 2. The fraction of sp³-hybridized carbons (Fsp3) is 0.688. The number of hydrogen-bond donors (Lipinski definition) is 1. The summed E-state index contributed by atoms with van der Waals surface area (Å²) in [4.78, 5) is 24.7. The van der Waals surface area contributed by atoms with Gasteiger partial charge in [0.2, 0.25) is 5.28 Å². The lowest BCUT2D eigenvalue weighted by Gasteiger charge is -2.26. The van der Waals surface area contributed by atoms with Crippen molar-refractivity contribution in [3.05, 3.63) is 16.5 Å². The smallest absolute Gasteiger partial charge is 0.410 e. The maximum Gasteiger partial charge on any atom is 0.410 e. The summed E-state index contributed by atoms with van der Waals surface area (Å²) in [5.41, 5.74) is 1.10. The number of rotatable bonds is 2. The van der Waals surface area contributed by atoms with Crippen molar-refractivity contribution < 1.29 is 14.6 Å². The van der Waals surface area contributed by atoms with Gasteiger partial charge < -0.3 is 14.7 Å². The average molecular weight is 355 g/mol. The Balaban J connectivity index is 1.86. The van der Waals surface area contributed by atoms with Crippen molar-refractivity contribution in [2.24, 2.45) is 0 Å². The number of amides is 1. The summed E-state index contributed by atoms with van der Waals surface area (Å²) >= 11 is 6.09. The number of nitrogens with zero attached hydrogens (tertiary/aromatic N) is 4. The molecule has 3 heterocycles. The lowest BCUT2D eigenvalue weighted by atomic mass is 10.2. The highest BCUT2D eigenvalue weighted by Gasteiger charge is 2.35. The van der Waals surface area contributed by atoms with Crippen LogP contribution in [0, 0.1) is 0 Å². The van der Waals surface area contributed by atoms with E-state index >= 15 is 0 Å². The lowest BCUT2D eigenvalue weighted by molar-refractivity contribution is 0.0241. The molecule has 3 rings (SSSR count). The maximum absolute atomic E-state index is 12.3. The van der Waals surface area contributed by atoms with Crippen molar-refractivity contribution in [2.75, 3.05) is 18.1 Å². The molecule has 0 bridgehead atoms. The van der Waals surface area contributed by atoms with Gasteiger partial charge in [-0.3, -0.25) is 4.90 Å². The van der Waals surface area contributed by atoms with Gasteiger partial charge >= 0.3 is 6.09 Å². The molecule has 1 fully saturated rings. The van der Waals surface area contributed by atoms with E-state index in [0.29, 0.717) is 13.1 Å². The van der Waals surface area contributed by atoms with Crippen LogP contribution >= 0.6 is 11.6 Å². The summed E-state index contributed by atoms with van der Waals surface area (Å²) in [6.45, 7) is 7.16. The van der Waals surface area contributed by atoms with Crippen molar-refractivity contribution in [1.82, 2.24) is 14.9 Å². The van der Waals surface area contributed by atoms with Crippen LogP contribution < -0.4 is 4.90 Å². The van der Waals surface area contributed by atoms with Gasteiger partial charge in [0.25, 0.3) is 0 Å². The van der Waals surface area contributed by atoms with E-state index in [2.05, 4.69) is 14.9 Å². The first-order chi connectivity index (χ1) is 11.3. The fourth-order valence-electron chi connectivity index (χ4n) is 3.21. The number of aliphatic hydroxyl groups is 1. The molecule has 0 aliphatic carbocycles. The maximum atomic E-state index is 12.3. The fourth-order valence-corrected chi connectivity index (χ4v) is 3.39. The Morgan fingerprint density at radius 2 is 2.12 bits per heavy atom. The number of hydrogen-bond acceptors (Lipinski definition) is 6. The van der Waals surface area contributed by atoms with Gasteiger partial charge in [0.05, 0.1) is 31.4 Å². The van der Waals surface area contributed by atoms with Gasteiger partial charge in [-0.15, -0.1) is 0 Å². The van der Waals surface area contributed by atoms with Gasteiger partial charge in [0.15, 0.2) is 0 Å². The second-order valence-corrected chi connectivity index (χ2v) is 7.59. The van der Waals surface area contributed by atoms with E-state index in [1.807, 2.05) is 20.8 Å². The second kappa shape index (κ2) is 6.37. The predicted octanol–water partition coefficient (Wildman–Crippen LogP) is 2.34. The highest BCUT2D eigenvalue weighted by molar-refractivity contribution is 6.28. The average Bonchev–Trinajstić information content (AvgIpc) is 3.10. The summed E-state index contributed by atoms with van der Waals surface area (Å²) in [5, 5.41) is 9.75. The van der Waals surface area contributed by atoms with Crippen LogP contribution in [0.1, 0.15) is 44.9 Å². The minimum absolute atomic E-state index is 0.0376. The molecule has 7 nitrogen and oxygen atoms in total. The molecule has 1 N–H and O–H groups in total. The Morgan fingerprint density at radius 3 is 2.79 bits per heavy atom. The minimum Gasteiger partial charge on any atom is -0.444 e. The van der Waals surface area contributed by atoms with Crippen molar-refractivity contribution in [3.8, 4) is 0 Å². The number of carbonyl (C=O) groups excluding carboxylic acids is 1. The number of fused-ring (bicyclic) bond motifs is 1. The molecular formula is C16H23ClN4O3. The molecule has 24 heavy (non-hydrogen) atoms. The zero-order chi connectivity index (χ0) is 17.5. The second-order valence-electron chi connectivity index (χ2n) is 7.25. The van der Waals surface area contributed by atoms with Crippen LogP contribution in [0.25, 0.3) is 0 Å². The van der Waals surface area contributed by atoms with Gasteiger partial charge in [-0.2, -0.15) is 0 Å². The van der Waals surface area contributed by atoms with Crippen molar-refractivity contribution in [2.45, 2.75) is 58.3 Å². The lowest BCUT2D eigenvalue weighted by Crippen LogP contribution is -2.34. The number of carbonyl (C=O) groups is 1. The van der Waals surface area contributed by atoms with Crippen molar-refractivity contribution in [1.29, 1.82) is 0 Å². The molecule has 1 saturated heterocycles. The quantitative estimate of drug-likeness (QED) is 0.821. The molecule has 2 aliphatic heterocycles. The SMILES string of the molecule is CC(C)(C)OC(=O)N1Cc2nc(Cl)nc(N3CCCC3CO)c2C1. The molecule has 1 aromatic rings. The largest absolute Gasteiger partial charge is 0.444 e. The number of ether oxygens (including phenoxy) is 1. The van der Waals surface area contributed by atoms with Gasteiger partial charge in [0, 0.05) is 12.1 Å². The third-order valence-corrected chi connectivity index (χ3v) is 4.41. The highest BCUT2D eigenvalue weighted by atomic mass is 35.5. The molecule has 1 unspecified atom stereocenters. The van der Waals surface area contributed by atoms with E-state index in [0.717, 1.165) is 36.5 Å². The monoisotopic (exact) mass is 354 g/mol. The van der Waals surface area contributed by atoms with Gasteiger partial charge in [0.1, 0.15) is 11.4 Å². The van der Waals surface area contributed by atoms with Crippen molar-refractivity contribution in [3.63, 3.8) is 0 Å². The van der Waals surface area contributed by atoms with E-state index in [-0.39, 0.29) is 24.0 Å². The van der Waals surface area contributed by atoms with Crippen LogP contribution in [-0.4, -0.2) is 50.9 Å². The number of aliphatic hydroxyl groups excluding tert-OH is 1. The summed E-state index contributed by atoms with van der Waals surface area (Å²) in [5.74, 6) is 0.729. The molecular weight excluding hydrogens is 332 g/mol. The summed E-state index contributed by atoms with van der Waals surface area (Å²) in [6.07, 6.45) is 1.54. The van der Waals surface area contributed by atoms with Crippen LogP contribution in [0.3, 0.4) is 0 Å². The number of anilines is 1. The Hall–Kier alpha value is -1.60. The van der Waals surface area contributed by atoms with E-state index < -0.39 is 5.60 Å². The summed E-state index contributed by atoms with van der Waals surface area (Å²) < 4.78 is 5.44. The highest BCUT2D eigenvalue weighted by Crippen LogP contribution is 2.34. The van der Waals surface area contributed by atoms with Gasteiger partial charge in [-0.25, -0.2) is 14.8 Å². The normalized spacial score (nSPS) is 20.5. The molecule has 0 saturated carbocycles. The first kappa shape index (κ1) is 17.2. The Kier molecular flexibility index (Phi) is 4.57. The molecule has 0 spiro atoms. The Morgan fingerprint density at radius 1 is 1.38 bits per heavy atom. The first-order valence-electron chi connectivity index (χ1n) is 8.19. The van der Waals surface area contributed by atoms with E-state index in [9.17, 15) is 9.90 Å². The van der Waals surface area contributed by atoms with E-state index in [1.165, 1.54) is 0 Å². The van der Waals surface area contributed by atoms with E-state index in [1.54, 1.807) is 4.90 Å². The standard InChI is InChI=1S/C16H23ClN4O3/c1-16(2,3)24-15(23)20-7-11-12(8-20)18-14(17)19-13(11)21-6-4-5-10(21)9-22/h10,22H,4-9H2,1-3H3. The first-order valence-corrected chi connectivity index (χ1v) is 8.57. The third kappa shape index (κ3) is 3.42. The van der Waals surface area contributed by atoms with Crippen LogP contribution in [-0.2, 0) is 17.8 Å². The molecule has 2 aliphatic rings. The third-order valence-electron chi connectivity index (χ3n) is 4.24. The zero-order valence-electron chi connectivity index (χ0n) is 14.3. The Bertz CT molecular complexity index is 647. The summed E-state index contributed by atoms with van der Waals surface area (Å²) in [6, 6.07) is 0.0376. The van der Waals surface area contributed by atoms with Crippen LogP contribution in [0.2, 0.25) is 5.28 Å². The number of halogens is 1. The molecule has 8 heteroatoms. The Labute approximate surface area is 146 Å². The van der Waals surface area contributed by atoms with Crippen LogP contribution in [0.5, 0.6) is 0 Å². The minimum atomic E-state index is -0.547. The van der Waals surface area contributed by atoms with Crippen LogP contribution in [0.4, 0.5) is 10.6 Å². The zero-order valence-corrected chi connectivity index (χ0v) is 15.0. The molecule has 0 aromatic carbocycles. The summed E-state index contributed by atoms with van der Waals surface area (Å²) in [7, 11) is 0. The van der Waals surface area contributed by atoms with Gasteiger partial charge in [-0.1, -0.05) is 0 Å². The molecule has 0 radical (unpaired) electrons. The molecule has 1 atom stereocenters. The molecule has 1 amide bonds. The van der Waals surface area contributed by atoms with Crippen LogP contribution in [0.15, 0.2) is 0 Å². The molecule has 1 aromatic heterocycles. The topological polar surface area (TPSA) is 78.8 Å². The molecule has 132 valence electrons. The van der Waals surface area contributed by atoms with E-state index in [4.69, 9.17) is 16.3 Å². The van der Waals surface area contributed by atoms with Gasteiger partial charge in [-0.05, 0) is 45.2 Å².